The van der Waals surface area contributed by atoms with Gasteiger partial charge in [-0.2, -0.15) is 4.31 Å². The van der Waals surface area contributed by atoms with Gasteiger partial charge in [-0.05, 0) is 48.7 Å². The van der Waals surface area contributed by atoms with Crippen molar-refractivity contribution in [3.05, 3.63) is 64.2 Å². The minimum Gasteiger partial charge on any atom is -0.355 e. The first-order chi connectivity index (χ1) is 14.3. The molecule has 1 saturated heterocycles. The van der Waals surface area contributed by atoms with E-state index < -0.39 is 15.9 Å². The Labute approximate surface area is 181 Å². The molecule has 1 heterocycles. The average Bonchev–Trinajstić information content (AvgIpc) is 2.77. The van der Waals surface area contributed by atoms with Crippen LogP contribution in [-0.4, -0.2) is 44.7 Å². The van der Waals surface area contributed by atoms with E-state index >= 15 is 0 Å². The highest BCUT2D eigenvalue weighted by Crippen LogP contribution is 2.28. The van der Waals surface area contributed by atoms with Gasteiger partial charge in [-0.3, -0.25) is 9.59 Å². The topological polar surface area (TPSA) is 95.6 Å². The monoisotopic (exact) mass is 449 g/mol. The molecule has 2 amide bonds. The molecule has 2 aromatic carbocycles. The van der Waals surface area contributed by atoms with E-state index in [1.54, 1.807) is 31.3 Å². The Morgan fingerprint density at radius 2 is 1.70 bits per heavy atom. The Morgan fingerprint density at radius 3 is 2.40 bits per heavy atom. The number of nitrogens with zero attached hydrogens (tertiary/aromatic N) is 1. The highest BCUT2D eigenvalue weighted by molar-refractivity contribution is 7.89. The van der Waals surface area contributed by atoms with Crippen LogP contribution in [0.5, 0.6) is 0 Å². The number of amides is 2. The van der Waals surface area contributed by atoms with Crippen LogP contribution in [0.3, 0.4) is 0 Å². The molecule has 0 saturated carbocycles. The number of hydrogen-bond acceptors (Lipinski definition) is 4. The van der Waals surface area contributed by atoms with Gasteiger partial charge in [0.25, 0.3) is 11.8 Å². The first-order valence-corrected chi connectivity index (χ1v) is 11.5. The van der Waals surface area contributed by atoms with E-state index in [0.717, 1.165) is 24.8 Å². The normalized spacial score (nSPS) is 14.9. The van der Waals surface area contributed by atoms with Crippen molar-refractivity contribution in [2.75, 3.05) is 20.1 Å². The quantitative estimate of drug-likeness (QED) is 0.708. The Hall–Kier alpha value is -2.42. The molecule has 1 aliphatic rings. The number of hydrogen-bond donors (Lipinski definition) is 2. The van der Waals surface area contributed by atoms with E-state index in [0.29, 0.717) is 18.7 Å². The number of carbonyl (C=O) groups excluding carboxylic acids is 2. The number of halogens is 1. The molecular formula is C21H24ClN3O4S. The summed E-state index contributed by atoms with van der Waals surface area (Å²) in [7, 11) is -2.21. The summed E-state index contributed by atoms with van der Waals surface area (Å²) >= 11 is 6.16. The van der Waals surface area contributed by atoms with E-state index in [4.69, 9.17) is 11.6 Å². The maximum absolute atomic E-state index is 13.0. The zero-order valence-corrected chi connectivity index (χ0v) is 18.2. The molecule has 160 valence electrons. The van der Waals surface area contributed by atoms with Crippen molar-refractivity contribution in [3.8, 4) is 0 Å². The lowest BCUT2D eigenvalue weighted by atomic mass is 10.1. The SMILES string of the molecule is CNC(=O)c1cccc(CNC(=O)c2ccc(Cl)c(S(=O)(=O)N3CCCCC3)c2)c1. The third-order valence-electron chi connectivity index (χ3n) is 5.00. The van der Waals surface area contributed by atoms with Gasteiger partial charge in [0.2, 0.25) is 10.0 Å². The second-order valence-electron chi connectivity index (χ2n) is 7.07. The van der Waals surface area contributed by atoms with Crippen LogP contribution in [0, 0.1) is 0 Å². The maximum atomic E-state index is 13.0. The van der Waals surface area contributed by atoms with E-state index in [9.17, 15) is 18.0 Å². The second kappa shape index (κ2) is 9.59. The summed E-state index contributed by atoms with van der Waals surface area (Å²) in [6, 6.07) is 11.1. The minimum atomic E-state index is -3.76. The molecule has 7 nitrogen and oxygen atoms in total. The highest BCUT2D eigenvalue weighted by atomic mass is 35.5. The Balaban J connectivity index is 1.76. The molecule has 0 spiro atoms. The van der Waals surface area contributed by atoms with Crippen molar-refractivity contribution in [2.45, 2.75) is 30.7 Å². The van der Waals surface area contributed by atoms with E-state index in [-0.39, 0.29) is 27.9 Å². The summed E-state index contributed by atoms with van der Waals surface area (Å²) in [6.07, 6.45) is 2.63. The first-order valence-electron chi connectivity index (χ1n) is 9.72. The molecule has 0 unspecified atom stereocenters. The van der Waals surface area contributed by atoms with Crippen LogP contribution in [0.4, 0.5) is 0 Å². The first kappa shape index (κ1) is 22.3. The van der Waals surface area contributed by atoms with Crippen LogP contribution in [-0.2, 0) is 16.6 Å². The van der Waals surface area contributed by atoms with Crippen LogP contribution < -0.4 is 10.6 Å². The summed E-state index contributed by atoms with van der Waals surface area (Å²) < 4.78 is 27.3. The van der Waals surface area contributed by atoms with Crippen LogP contribution in [0.25, 0.3) is 0 Å². The molecule has 1 aliphatic heterocycles. The molecule has 1 fully saturated rings. The molecule has 0 bridgehead atoms. The lowest BCUT2D eigenvalue weighted by molar-refractivity contribution is 0.0948. The van der Waals surface area contributed by atoms with Gasteiger partial charge in [0.05, 0.1) is 5.02 Å². The molecule has 0 aromatic heterocycles. The highest BCUT2D eigenvalue weighted by Gasteiger charge is 2.28. The lowest BCUT2D eigenvalue weighted by Crippen LogP contribution is -2.36. The van der Waals surface area contributed by atoms with Crippen LogP contribution >= 0.6 is 11.6 Å². The molecule has 0 atom stereocenters. The third kappa shape index (κ3) is 5.00. The number of rotatable bonds is 6. The van der Waals surface area contributed by atoms with Gasteiger partial charge in [0.15, 0.2) is 0 Å². The van der Waals surface area contributed by atoms with Crippen molar-refractivity contribution < 1.29 is 18.0 Å². The van der Waals surface area contributed by atoms with Gasteiger partial charge >= 0.3 is 0 Å². The molecular weight excluding hydrogens is 426 g/mol. The molecule has 3 rings (SSSR count). The summed E-state index contributed by atoms with van der Waals surface area (Å²) in [5, 5.41) is 5.40. The van der Waals surface area contributed by atoms with Crippen LogP contribution in [0.15, 0.2) is 47.4 Å². The van der Waals surface area contributed by atoms with Crippen LogP contribution in [0.2, 0.25) is 5.02 Å². The average molecular weight is 450 g/mol. The van der Waals surface area contributed by atoms with Gasteiger partial charge < -0.3 is 10.6 Å². The minimum absolute atomic E-state index is 0.0552. The fourth-order valence-corrected chi connectivity index (χ4v) is 5.36. The van der Waals surface area contributed by atoms with E-state index in [1.807, 2.05) is 0 Å². The fourth-order valence-electron chi connectivity index (χ4n) is 3.34. The van der Waals surface area contributed by atoms with Crippen molar-refractivity contribution >= 4 is 33.4 Å². The number of carbonyl (C=O) groups is 2. The van der Waals surface area contributed by atoms with E-state index in [1.165, 1.54) is 22.5 Å². The zero-order chi connectivity index (χ0) is 21.7. The largest absolute Gasteiger partial charge is 0.355 e. The van der Waals surface area contributed by atoms with Gasteiger partial charge in [-0.15, -0.1) is 0 Å². The van der Waals surface area contributed by atoms with Crippen LogP contribution in [0.1, 0.15) is 45.5 Å². The van der Waals surface area contributed by atoms with Crippen molar-refractivity contribution in [1.82, 2.24) is 14.9 Å². The van der Waals surface area contributed by atoms with E-state index in [2.05, 4.69) is 10.6 Å². The fraction of sp³-hybridized carbons (Fsp3) is 0.333. The molecule has 30 heavy (non-hydrogen) atoms. The summed E-state index contributed by atoms with van der Waals surface area (Å²) in [4.78, 5) is 24.3. The van der Waals surface area contributed by atoms with Crippen molar-refractivity contribution in [2.24, 2.45) is 0 Å². The van der Waals surface area contributed by atoms with Gasteiger partial charge in [0, 0.05) is 37.8 Å². The number of sulfonamides is 1. The van der Waals surface area contributed by atoms with Gasteiger partial charge in [-0.25, -0.2) is 8.42 Å². The predicted octanol–water partition coefficient (Wildman–Crippen LogP) is 2.80. The zero-order valence-electron chi connectivity index (χ0n) is 16.7. The van der Waals surface area contributed by atoms with Gasteiger partial charge in [-0.1, -0.05) is 30.2 Å². The lowest BCUT2D eigenvalue weighted by Gasteiger charge is -2.26. The maximum Gasteiger partial charge on any atom is 0.251 e. The van der Waals surface area contributed by atoms with Gasteiger partial charge in [0.1, 0.15) is 4.90 Å². The number of nitrogens with one attached hydrogen (secondary N) is 2. The summed E-state index contributed by atoms with van der Waals surface area (Å²) in [5.41, 5.74) is 1.45. The Bertz CT molecular complexity index is 1050. The number of benzene rings is 2. The Morgan fingerprint density at radius 1 is 1.00 bits per heavy atom. The van der Waals surface area contributed by atoms with Crippen molar-refractivity contribution in [1.29, 1.82) is 0 Å². The second-order valence-corrected chi connectivity index (χ2v) is 9.39. The van der Waals surface area contributed by atoms with Crippen molar-refractivity contribution in [3.63, 3.8) is 0 Å². The molecule has 0 aliphatic carbocycles. The summed E-state index contributed by atoms with van der Waals surface area (Å²) in [5.74, 6) is -0.638. The number of piperidine rings is 1. The third-order valence-corrected chi connectivity index (χ3v) is 7.38. The smallest absolute Gasteiger partial charge is 0.251 e. The standard InChI is InChI=1S/C21H24ClN3O4S/c1-23-20(26)16-7-5-6-15(12-16)14-24-21(27)17-8-9-18(22)19(13-17)30(28,29)25-10-3-2-4-11-25/h5-9,12-13H,2-4,10-11,14H2,1H3,(H,23,26)(H,24,27). The molecule has 2 aromatic rings. The predicted molar refractivity (Wildman–Crippen MR) is 115 cm³/mol. The molecule has 0 radical (unpaired) electrons. The Kier molecular flexibility index (Phi) is 7.12. The molecule has 9 heteroatoms. The summed E-state index contributed by atoms with van der Waals surface area (Å²) in [6.45, 7) is 1.11. The molecule has 2 N–H and O–H groups in total.